The third kappa shape index (κ3) is 5.02. The number of rotatable bonds is 7. The van der Waals surface area contributed by atoms with Crippen molar-refractivity contribution in [2.24, 2.45) is 5.41 Å². The Balaban J connectivity index is 2.11. The Hall–Kier alpha value is -2.18. The van der Waals surface area contributed by atoms with E-state index < -0.39 is 0 Å². The third-order valence-corrected chi connectivity index (χ3v) is 3.32. The number of hydrogen-bond donors (Lipinski definition) is 0. The van der Waals surface area contributed by atoms with Crippen LogP contribution in [-0.2, 0) is 17.8 Å². The average molecular weight is 282 g/mol. The van der Waals surface area contributed by atoms with Gasteiger partial charge in [-0.1, -0.05) is 18.1 Å². The van der Waals surface area contributed by atoms with Crippen molar-refractivity contribution < 1.29 is 13.9 Å². The molecule has 0 saturated heterocycles. The highest BCUT2D eigenvalue weighted by Gasteiger charge is 2.34. The molecule has 3 heteroatoms. The molecule has 3 nitrogen and oxygen atoms in total. The molecule has 0 amide bonds. The summed E-state index contributed by atoms with van der Waals surface area (Å²) < 4.78 is 10.00. The van der Waals surface area contributed by atoms with Gasteiger partial charge in [0.2, 0.25) is 0 Å². The summed E-state index contributed by atoms with van der Waals surface area (Å²) in [5, 5.41) is 0. The fourth-order valence-corrected chi connectivity index (χ4v) is 2.46. The van der Waals surface area contributed by atoms with E-state index in [1.165, 1.54) is 0 Å². The molecule has 0 radical (unpaired) electrons. The lowest BCUT2D eigenvalue weighted by atomic mass is 9.91. The average Bonchev–Trinajstić information content (AvgIpc) is 2.49. The molecule has 0 saturated carbocycles. The minimum Gasteiger partial charge on any atom is -0.368 e. The second-order valence-electron chi connectivity index (χ2n) is 5.60. The Labute approximate surface area is 126 Å². The summed E-state index contributed by atoms with van der Waals surface area (Å²) in [6.45, 7) is 4.96. The van der Waals surface area contributed by atoms with Crippen LogP contribution >= 0.6 is 0 Å². The van der Waals surface area contributed by atoms with Crippen LogP contribution in [0, 0.1) is 17.8 Å². The van der Waals surface area contributed by atoms with E-state index in [1.807, 2.05) is 36.4 Å². The third-order valence-electron chi connectivity index (χ3n) is 3.32. The second-order valence-corrected chi connectivity index (χ2v) is 5.60. The second kappa shape index (κ2) is 7.56. The summed E-state index contributed by atoms with van der Waals surface area (Å²) in [6, 6.07) is 12.2. The molecule has 0 aliphatic heterocycles. The quantitative estimate of drug-likeness (QED) is 0.428. The molecule has 0 spiro atoms. The van der Waals surface area contributed by atoms with Gasteiger partial charge in [0, 0.05) is 24.3 Å². The van der Waals surface area contributed by atoms with Crippen molar-refractivity contribution in [3.8, 4) is 12.3 Å². The molecule has 0 bridgehead atoms. The van der Waals surface area contributed by atoms with Crippen LogP contribution in [0.15, 0.2) is 61.2 Å². The van der Waals surface area contributed by atoms with Crippen LogP contribution < -0.4 is 9.13 Å². The fraction of sp³-hybridized carbons (Fsp3) is 0.333. The Bertz CT molecular complexity index is 534. The first kappa shape index (κ1) is 15.2. The SMILES string of the molecule is C#CCOCC(C)(C[n+]1ccccc1)C[n+]1ccccc1. The Morgan fingerprint density at radius 1 is 0.905 bits per heavy atom. The summed E-state index contributed by atoms with van der Waals surface area (Å²) in [5.41, 5.74) is -0.0328. The van der Waals surface area contributed by atoms with E-state index >= 15 is 0 Å². The van der Waals surface area contributed by atoms with E-state index in [1.54, 1.807) is 0 Å². The van der Waals surface area contributed by atoms with Gasteiger partial charge in [0.05, 0.1) is 6.61 Å². The van der Waals surface area contributed by atoms with Crippen molar-refractivity contribution in [3.05, 3.63) is 61.2 Å². The van der Waals surface area contributed by atoms with E-state index in [-0.39, 0.29) is 5.41 Å². The first-order chi connectivity index (χ1) is 10.2. The Kier molecular flexibility index (Phi) is 5.48. The molecule has 0 N–H and O–H groups in total. The fourth-order valence-electron chi connectivity index (χ4n) is 2.46. The lowest BCUT2D eigenvalue weighted by Gasteiger charge is -2.22. The molecule has 108 valence electrons. The van der Waals surface area contributed by atoms with Crippen LogP contribution in [0.25, 0.3) is 0 Å². The molecule has 0 unspecified atom stereocenters. The van der Waals surface area contributed by atoms with Gasteiger partial charge in [-0.3, -0.25) is 0 Å². The van der Waals surface area contributed by atoms with Gasteiger partial charge >= 0.3 is 0 Å². The number of terminal acetylenes is 1. The van der Waals surface area contributed by atoms with Gasteiger partial charge in [0.25, 0.3) is 0 Å². The lowest BCUT2D eigenvalue weighted by Crippen LogP contribution is -2.51. The van der Waals surface area contributed by atoms with Crippen molar-refractivity contribution >= 4 is 0 Å². The summed E-state index contributed by atoms with van der Waals surface area (Å²) >= 11 is 0. The van der Waals surface area contributed by atoms with Crippen molar-refractivity contribution in [2.75, 3.05) is 13.2 Å². The maximum absolute atomic E-state index is 5.63. The number of nitrogens with zero attached hydrogens (tertiary/aromatic N) is 2. The molecule has 0 aliphatic carbocycles. The number of pyridine rings is 2. The molecule has 2 rings (SSSR count). The Morgan fingerprint density at radius 2 is 1.38 bits per heavy atom. The molecule has 21 heavy (non-hydrogen) atoms. The summed E-state index contributed by atoms with van der Waals surface area (Å²) in [6.07, 6.45) is 13.6. The van der Waals surface area contributed by atoms with Crippen LogP contribution in [0.1, 0.15) is 6.92 Å². The predicted molar refractivity (Wildman–Crippen MR) is 81.0 cm³/mol. The topological polar surface area (TPSA) is 17.0 Å². The zero-order valence-electron chi connectivity index (χ0n) is 12.5. The number of hydrogen-bond acceptors (Lipinski definition) is 1. The van der Waals surface area contributed by atoms with Gasteiger partial charge < -0.3 is 4.74 Å². The largest absolute Gasteiger partial charge is 0.368 e. The van der Waals surface area contributed by atoms with E-state index in [4.69, 9.17) is 11.2 Å². The molecule has 2 aromatic heterocycles. The number of ether oxygens (including phenoxy) is 1. The highest BCUT2D eigenvalue weighted by atomic mass is 16.5. The van der Waals surface area contributed by atoms with Crippen LogP contribution in [-0.4, -0.2) is 13.2 Å². The van der Waals surface area contributed by atoms with E-state index in [0.717, 1.165) is 13.1 Å². The van der Waals surface area contributed by atoms with Crippen molar-refractivity contribution in [1.29, 1.82) is 0 Å². The number of aromatic nitrogens is 2. The van der Waals surface area contributed by atoms with E-state index in [9.17, 15) is 0 Å². The van der Waals surface area contributed by atoms with Crippen molar-refractivity contribution in [2.45, 2.75) is 20.0 Å². The van der Waals surface area contributed by atoms with Crippen LogP contribution in [0.5, 0.6) is 0 Å². The smallest absolute Gasteiger partial charge is 0.168 e. The molecule has 0 atom stereocenters. The normalized spacial score (nSPS) is 11.0. The van der Waals surface area contributed by atoms with Gasteiger partial charge in [0.1, 0.15) is 12.0 Å². The zero-order chi connectivity index (χ0) is 15.0. The zero-order valence-corrected chi connectivity index (χ0v) is 12.5. The minimum absolute atomic E-state index is 0.0328. The maximum atomic E-state index is 5.63. The monoisotopic (exact) mass is 282 g/mol. The van der Waals surface area contributed by atoms with Gasteiger partial charge in [-0.2, -0.15) is 0 Å². The molecular formula is C18H22N2O+2. The lowest BCUT2D eigenvalue weighted by molar-refractivity contribution is -0.748. The van der Waals surface area contributed by atoms with Gasteiger partial charge in [0.15, 0.2) is 37.9 Å². The summed E-state index contributed by atoms with van der Waals surface area (Å²) in [5.74, 6) is 2.53. The van der Waals surface area contributed by atoms with Crippen molar-refractivity contribution in [1.82, 2.24) is 0 Å². The molecule has 2 heterocycles. The van der Waals surface area contributed by atoms with E-state index in [0.29, 0.717) is 13.2 Å². The molecule has 0 fully saturated rings. The molecule has 0 aromatic carbocycles. The Morgan fingerprint density at radius 3 is 1.81 bits per heavy atom. The summed E-state index contributed by atoms with van der Waals surface area (Å²) in [7, 11) is 0. The first-order valence-electron chi connectivity index (χ1n) is 7.11. The van der Waals surface area contributed by atoms with E-state index in [2.05, 4.69) is 46.8 Å². The molecule has 0 aliphatic rings. The van der Waals surface area contributed by atoms with Gasteiger partial charge in [-0.05, 0) is 6.92 Å². The van der Waals surface area contributed by atoms with Crippen LogP contribution in [0.2, 0.25) is 0 Å². The maximum Gasteiger partial charge on any atom is 0.168 e. The molecule has 2 aromatic rings. The molecular weight excluding hydrogens is 260 g/mol. The van der Waals surface area contributed by atoms with Crippen LogP contribution in [0.4, 0.5) is 0 Å². The highest BCUT2D eigenvalue weighted by molar-refractivity contribution is 4.86. The van der Waals surface area contributed by atoms with Gasteiger partial charge in [-0.15, -0.1) is 6.42 Å². The minimum atomic E-state index is -0.0328. The van der Waals surface area contributed by atoms with Crippen LogP contribution in [0.3, 0.4) is 0 Å². The standard InChI is InChI=1S/C18H22N2O/c1-3-14-21-17-18(2,15-19-10-6-4-7-11-19)16-20-12-8-5-9-13-20/h1,4-13H,14-17H2,2H3/q+2. The first-order valence-corrected chi connectivity index (χ1v) is 7.11. The highest BCUT2D eigenvalue weighted by Crippen LogP contribution is 2.17. The predicted octanol–water partition coefficient (Wildman–Crippen LogP) is 1.62. The van der Waals surface area contributed by atoms with Gasteiger partial charge in [-0.25, -0.2) is 9.13 Å². The van der Waals surface area contributed by atoms with Crippen molar-refractivity contribution in [3.63, 3.8) is 0 Å². The summed E-state index contributed by atoms with van der Waals surface area (Å²) in [4.78, 5) is 0.